The molecule has 1 aliphatic carbocycles. The molecule has 2 aromatic rings. The fourth-order valence-corrected chi connectivity index (χ4v) is 3.13. The third-order valence-corrected chi connectivity index (χ3v) is 4.12. The van der Waals surface area contributed by atoms with Crippen LogP contribution < -0.4 is 4.74 Å². The maximum absolute atomic E-state index is 13.9. The van der Waals surface area contributed by atoms with E-state index in [0.717, 1.165) is 36.1 Å². The molecule has 1 unspecified atom stereocenters. The van der Waals surface area contributed by atoms with Crippen molar-refractivity contribution in [3.05, 3.63) is 65.0 Å². The largest absolute Gasteiger partial charge is 0.496 e. The van der Waals surface area contributed by atoms with E-state index >= 15 is 0 Å². The monoisotopic (exact) mass is 284 g/mol. The Labute approximate surface area is 123 Å². The molecule has 0 fully saturated rings. The van der Waals surface area contributed by atoms with E-state index in [4.69, 9.17) is 4.74 Å². The number of aryl methyl sites for hydroxylation is 1. The Hall–Kier alpha value is -2.16. The van der Waals surface area contributed by atoms with Crippen LogP contribution in [0.15, 0.2) is 42.5 Å². The number of hydrogen-bond donors (Lipinski definition) is 0. The summed E-state index contributed by atoms with van der Waals surface area (Å²) < 4.78 is 19.3. The number of carbonyl (C=O) groups is 1. The van der Waals surface area contributed by atoms with E-state index in [2.05, 4.69) is 0 Å². The Balaban J connectivity index is 2.06. The molecule has 0 bridgehead atoms. The van der Waals surface area contributed by atoms with Gasteiger partial charge in [0.25, 0.3) is 0 Å². The van der Waals surface area contributed by atoms with E-state index in [1.54, 1.807) is 25.3 Å². The lowest BCUT2D eigenvalue weighted by Gasteiger charge is -2.26. The molecule has 21 heavy (non-hydrogen) atoms. The molecule has 0 saturated heterocycles. The smallest absolute Gasteiger partial charge is 0.173 e. The van der Waals surface area contributed by atoms with Crippen LogP contribution in [0.25, 0.3) is 0 Å². The van der Waals surface area contributed by atoms with Gasteiger partial charge in [-0.25, -0.2) is 4.39 Å². The third-order valence-electron chi connectivity index (χ3n) is 4.12. The highest BCUT2D eigenvalue weighted by molar-refractivity contribution is 6.01. The molecule has 0 spiro atoms. The van der Waals surface area contributed by atoms with Gasteiger partial charge in [-0.3, -0.25) is 4.79 Å². The number of hydrogen-bond acceptors (Lipinski definition) is 2. The van der Waals surface area contributed by atoms with Crippen molar-refractivity contribution in [1.29, 1.82) is 0 Å². The number of rotatable bonds is 3. The molecule has 108 valence electrons. The van der Waals surface area contributed by atoms with Gasteiger partial charge in [0.2, 0.25) is 0 Å². The predicted octanol–water partition coefficient (Wildman–Crippen LogP) is 4.14. The van der Waals surface area contributed by atoms with Crippen molar-refractivity contribution in [2.45, 2.75) is 25.2 Å². The van der Waals surface area contributed by atoms with Crippen LogP contribution in [0.1, 0.15) is 40.2 Å². The number of Topliss-reactive ketones (excluding diaryl/α,β-unsaturated/α-hetero) is 1. The standard InChI is InChI=1S/C18H17FO2/c1-21-16-11-5-7-12-6-4-9-14(17(12)16)18(20)13-8-2-3-10-15(13)19/h2-3,5,7-8,10-11,14H,4,6,9H2,1H3. The van der Waals surface area contributed by atoms with Crippen LogP contribution >= 0.6 is 0 Å². The lowest BCUT2D eigenvalue weighted by molar-refractivity contribution is 0.0945. The van der Waals surface area contributed by atoms with Crippen molar-refractivity contribution < 1.29 is 13.9 Å². The number of ketones is 1. The number of halogens is 1. The summed E-state index contributed by atoms with van der Waals surface area (Å²) in [6.45, 7) is 0. The lowest BCUT2D eigenvalue weighted by atomic mass is 9.78. The summed E-state index contributed by atoms with van der Waals surface area (Å²) in [4.78, 5) is 12.8. The summed E-state index contributed by atoms with van der Waals surface area (Å²) in [7, 11) is 1.61. The van der Waals surface area contributed by atoms with Gasteiger partial charge in [-0.2, -0.15) is 0 Å². The average molecular weight is 284 g/mol. The molecule has 1 atom stereocenters. The van der Waals surface area contributed by atoms with E-state index < -0.39 is 5.82 Å². The Morgan fingerprint density at radius 1 is 1.19 bits per heavy atom. The van der Waals surface area contributed by atoms with E-state index in [1.807, 2.05) is 18.2 Å². The number of methoxy groups -OCH3 is 1. The summed E-state index contributed by atoms with van der Waals surface area (Å²) in [5.74, 6) is -0.202. The lowest BCUT2D eigenvalue weighted by Crippen LogP contribution is -2.20. The Morgan fingerprint density at radius 3 is 2.76 bits per heavy atom. The van der Waals surface area contributed by atoms with Gasteiger partial charge in [0.15, 0.2) is 5.78 Å². The maximum Gasteiger partial charge on any atom is 0.173 e. The van der Waals surface area contributed by atoms with Crippen LogP contribution in [0.5, 0.6) is 5.75 Å². The third kappa shape index (κ3) is 2.44. The number of carbonyl (C=O) groups excluding carboxylic acids is 1. The van der Waals surface area contributed by atoms with Crippen LogP contribution in [0.2, 0.25) is 0 Å². The summed E-state index contributed by atoms with van der Waals surface area (Å²) in [5.41, 5.74) is 2.23. The van der Waals surface area contributed by atoms with Crippen LogP contribution in [0.3, 0.4) is 0 Å². The van der Waals surface area contributed by atoms with Crippen molar-refractivity contribution in [3.63, 3.8) is 0 Å². The molecule has 0 N–H and O–H groups in total. The molecular formula is C18H17FO2. The van der Waals surface area contributed by atoms with E-state index in [0.29, 0.717) is 0 Å². The van der Waals surface area contributed by atoms with Crippen molar-refractivity contribution >= 4 is 5.78 Å². The van der Waals surface area contributed by atoms with Gasteiger partial charge in [0, 0.05) is 5.56 Å². The van der Waals surface area contributed by atoms with Gasteiger partial charge in [-0.15, -0.1) is 0 Å². The number of benzene rings is 2. The van der Waals surface area contributed by atoms with Gasteiger partial charge in [0.05, 0.1) is 18.6 Å². The second-order valence-corrected chi connectivity index (χ2v) is 5.32. The van der Waals surface area contributed by atoms with Crippen LogP contribution in [-0.4, -0.2) is 12.9 Å². The fraction of sp³-hybridized carbons (Fsp3) is 0.278. The Kier molecular flexibility index (Phi) is 3.74. The number of ether oxygens (including phenoxy) is 1. The van der Waals surface area contributed by atoms with Crippen LogP contribution in [0, 0.1) is 5.82 Å². The van der Waals surface area contributed by atoms with Crippen LogP contribution in [0.4, 0.5) is 4.39 Å². The molecule has 0 heterocycles. The Bertz CT molecular complexity index is 664. The van der Waals surface area contributed by atoms with E-state index in [9.17, 15) is 9.18 Å². The van der Waals surface area contributed by atoms with Crippen molar-refractivity contribution in [3.8, 4) is 5.75 Å². The molecular weight excluding hydrogens is 267 g/mol. The Morgan fingerprint density at radius 2 is 2.00 bits per heavy atom. The zero-order valence-corrected chi connectivity index (χ0v) is 11.9. The van der Waals surface area contributed by atoms with Crippen molar-refractivity contribution in [2.24, 2.45) is 0 Å². The first-order valence-corrected chi connectivity index (χ1v) is 7.17. The zero-order valence-electron chi connectivity index (χ0n) is 11.9. The zero-order chi connectivity index (χ0) is 14.8. The summed E-state index contributed by atoms with van der Waals surface area (Å²) in [5, 5.41) is 0. The first-order chi connectivity index (χ1) is 10.2. The molecule has 0 aliphatic heterocycles. The minimum absolute atomic E-state index is 0.154. The molecule has 1 aliphatic rings. The second-order valence-electron chi connectivity index (χ2n) is 5.32. The highest BCUT2D eigenvalue weighted by atomic mass is 19.1. The number of fused-ring (bicyclic) bond motifs is 1. The molecule has 0 aromatic heterocycles. The van der Waals surface area contributed by atoms with Crippen molar-refractivity contribution in [2.75, 3.05) is 7.11 Å². The summed E-state index contributed by atoms with van der Waals surface area (Å²) >= 11 is 0. The minimum Gasteiger partial charge on any atom is -0.496 e. The fourth-order valence-electron chi connectivity index (χ4n) is 3.13. The molecule has 2 nitrogen and oxygen atoms in total. The topological polar surface area (TPSA) is 26.3 Å². The highest BCUT2D eigenvalue weighted by Gasteiger charge is 2.31. The SMILES string of the molecule is COc1cccc2c1C(C(=O)c1ccccc1F)CCC2. The first-order valence-electron chi connectivity index (χ1n) is 7.17. The molecule has 3 rings (SSSR count). The average Bonchev–Trinajstić information content (AvgIpc) is 2.53. The predicted molar refractivity (Wildman–Crippen MR) is 79.4 cm³/mol. The molecule has 3 heteroatoms. The normalized spacial score (nSPS) is 17.1. The molecule has 0 radical (unpaired) electrons. The minimum atomic E-state index is -0.454. The summed E-state index contributed by atoms with van der Waals surface area (Å²) in [6.07, 6.45) is 2.61. The second kappa shape index (κ2) is 5.68. The quantitative estimate of drug-likeness (QED) is 0.792. The van der Waals surface area contributed by atoms with Gasteiger partial charge in [-0.05, 0) is 43.0 Å². The van der Waals surface area contributed by atoms with Gasteiger partial charge >= 0.3 is 0 Å². The van der Waals surface area contributed by atoms with Gasteiger partial charge < -0.3 is 4.74 Å². The van der Waals surface area contributed by atoms with E-state index in [-0.39, 0.29) is 17.3 Å². The maximum atomic E-state index is 13.9. The van der Waals surface area contributed by atoms with Gasteiger partial charge in [0.1, 0.15) is 11.6 Å². The molecule has 0 saturated carbocycles. The first kappa shape index (κ1) is 13.8. The van der Waals surface area contributed by atoms with Crippen molar-refractivity contribution in [1.82, 2.24) is 0 Å². The van der Waals surface area contributed by atoms with Gasteiger partial charge in [-0.1, -0.05) is 24.3 Å². The molecule has 2 aromatic carbocycles. The highest BCUT2D eigenvalue weighted by Crippen LogP contribution is 2.39. The van der Waals surface area contributed by atoms with E-state index in [1.165, 1.54) is 6.07 Å². The van der Waals surface area contributed by atoms with Crippen LogP contribution in [-0.2, 0) is 6.42 Å². The summed E-state index contributed by atoms with van der Waals surface area (Å²) in [6, 6.07) is 12.0. The molecule has 0 amide bonds.